The fourth-order valence-electron chi connectivity index (χ4n) is 1.67. The number of ketones is 1. The maximum atomic E-state index is 11.6. The van der Waals surface area contributed by atoms with E-state index in [1.165, 1.54) is 0 Å². The minimum absolute atomic E-state index is 0.00822. The van der Waals surface area contributed by atoms with Crippen molar-refractivity contribution in [3.63, 3.8) is 0 Å². The monoisotopic (exact) mass is 241 g/mol. The SMILES string of the molecule is NCC(=O)c1ccccc1OCc1ccccc1. The smallest absolute Gasteiger partial charge is 0.180 e. The lowest BCUT2D eigenvalue weighted by Crippen LogP contribution is -2.14. The van der Waals surface area contributed by atoms with Gasteiger partial charge in [0.05, 0.1) is 12.1 Å². The van der Waals surface area contributed by atoms with Gasteiger partial charge in [0.25, 0.3) is 0 Å². The Balaban J connectivity index is 2.12. The standard InChI is InChI=1S/C15H15NO2/c16-10-14(17)13-8-4-5-9-15(13)18-11-12-6-2-1-3-7-12/h1-9H,10-11,16H2. The van der Waals surface area contributed by atoms with Crippen LogP contribution in [0, 0.1) is 0 Å². The van der Waals surface area contributed by atoms with Crippen molar-refractivity contribution in [1.82, 2.24) is 0 Å². The van der Waals surface area contributed by atoms with Crippen molar-refractivity contribution in [3.05, 3.63) is 65.7 Å². The van der Waals surface area contributed by atoms with Crippen LogP contribution in [0.3, 0.4) is 0 Å². The second-order valence-electron chi connectivity index (χ2n) is 3.90. The van der Waals surface area contributed by atoms with Crippen LogP contribution >= 0.6 is 0 Å². The van der Waals surface area contributed by atoms with Gasteiger partial charge in [-0.3, -0.25) is 4.79 Å². The number of benzene rings is 2. The predicted molar refractivity (Wildman–Crippen MR) is 70.6 cm³/mol. The lowest BCUT2D eigenvalue weighted by Gasteiger charge is -2.10. The van der Waals surface area contributed by atoms with Crippen molar-refractivity contribution in [2.24, 2.45) is 5.73 Å². The van der Waals surface area contributed by atoms with E-state index in [-0.39, 0.29) is 12.3 Å². The van der Waals surface area contributed by atoms with Crippen molar-refractivity contribution in [2.75, 3.05) is 6.54 Å². The highest BCUT2D eigenvalue weighted by Gasteiger charge is 2.09. The van der Waals surface area contributed by atoms with Crippen LogP contribution in [-0.4, -0.2) is 12.3 Å². The zero-order chi connectivity index (χ0) is 12.8. The van der Waals surface area contributed by atoms with Crippen LogP contribution in [0.5, 0.6) is 5.75 Å². The number of hydrogen-bond donors (Lipinski definition) is 1. The Morgan fingerprint density at radius 3 is 2.39 bits per heavy atom. The molecule has 3 nitrogen and oxygen atoms in total. The van der Waals surface area contributed by atoms with E-state index in [0.717, 1.165) is 5.56 Å². The van der Waals surface area contributed by atoms with Gasteiger partial charge in [0.15, 0.2) is 5.78 Å². The van der Waals surface area contributed by atoms with Gasteiger partial charge in [0.2, 0.25) is 0 Å². The number of rotatable bonds is 5. The van der Waals surface area contributed by atoms with Gasteiger partial charge in [0.1, 0.15) is 12.4 Å². The van der Waals surface area contributed by atoms with Crippen LogP contribution in [0.15, 0.2) is 54.6 Å². The summed E-state index contributed by atoms with van der Waals surface area (Å²) in [4.78, 5) is 11.6. The second kappa shape index (κ2) is 5.98. The molecule has 2 aromatic carbocycles. The fourth-order valence-corrected chi connectivity index (χ4v) is 1.67. The van der Waals surface area contributed by atoms with Gasteiger partial charge in [-0.25, -0.2) is 0 Å². The van der Waals surface area contributed by atoms with E-state index in [1.54, 1.807) is 18.2 Å². The summed E-state index contributed by atoms with van der Waals surface area (Å²) in [6.45, 7) is 0.432. The third-order valence-corrected chi connectivity index (χ3v) is 2.61. The van der Waals surface area contributed by atoms with Gasteiger partial charge in [-0.15, -0.1) is 0 Å². The molecule has 0 aliphatic heterocycles. The summed E-state index contributed by atoms with van der Waals surface area (Å²) in [6.07, 6.45) is 0. The Morgan fingerprint density at radius 1 is 1.00 bits per heavy atom. The molecule has 0 atom stereocenters. The van der Waals surface area contributed by atoms with Crippen molar-refractivity contribution in [1.29, 1.82) is 0 Å². The first-order valence-corrected chi connectivity index (χ1v) is 5.80. The molecule has 0 fully saturated rings. The molecule has 0 saturated carbocycles. The first kappa shape index (κ1) is 12.3. The molecular formula is C15H15NO2. The number of para-hydroxylation sites is 1. The Morgan fingerprint density at radius 2 is 1.67 bits per heavy atom. The Hall–Kier alpha value is -2.13. The molecular weight excluding hydrogens is 226 g/mol. The topological polar surface area (TPSA) is 52.3 Å². The van der Waals surface area contributed by atoms with Crippen LogP contribution in [0.4, 0.5) is 0 Å². The van der Waals surface area contributed by atoms with Crippen LogP contribution in [-0.2, 0) is 6.61 Å². The first-order chi connectivity index (χ1) is 8.81. The number of carbonyl (C=O) groups excluding carboxylic acids is 1. The minimum atomic E-state index is -0.112. The Labute approximate surface area is 106 Å². The number of nitrogens with two attached hydrogens (primary N) is 1. The van der Waals surface area contributed by atoms with Gasteiger partial charge in [-0.05, 0) is 17.7 Å². The molecule has 0 amide bonds. The second-order valence-corrected chi connectivity index (χ2v) is 3.90. The normalized spacial score (nSPS) is 10.1. The van der Waals surface area contributed by atoms with Gasteiger partial charge >= 0.3 is 0 Å². The van der Waals surface area contributed by atoms with Gasteiger partial charge in [-0.1, -0.05) is 42.5 Å². The Kier molecular flexibility index (Phi) is 4.10. The van der Waals surface area contributed by atoms with E-state index in [1.807, 2.05) is 36.4 Å². The third kappa shape index (κ3) is 2.96. The molecule has 2 rings (SSSR count). The molecule has 0 bridgehead atoms. The van der Waals surface area contributed by atoms with Crippen molar-refractivity contribution >= 4 is 5.78 Å². The molecule has 0 unspecified atom stereocenters. The summed E-state index contributed by atoms with van der Waals surface area (Å²) in [7, 11) is 0. The summed E-state index contributed by atoms with van der Waals surface area (Å²) in [5, 5.41) is 0. The molecule has 0 saturated heterocycles. The van der Waals surface area contributed by atoms with E-state index in [4.69, 9.17) is 10.5 Å². The Bertz CT molecular complexity index is 523. The highest BCUT2D eigenvalue weighted by Crippen LogP contribution is 2.19. The quantitative estimate of drug-likeness (QED) is 0.818. The number of carbonyl (C=O) groups is 1. The molecule has 0 aromatic heterocycles. The summed E-state index contributed by atoms with van der Waals surface area (Å²) in [5.41, 5.74) is 6.98. The van der Waals surface area contributed by atoms with E-state index in [0.29, 0.717) is 17.9 Å². The molecule has 92 valence electrons. The zero-order valence-electron chi connectivity index (χ0n) is 10.0. The fraction of sp³-hybridized carbons (Fsp3) is 0.133. The summed E-state index contributed by atoms with van der Waals surface area (Å²) in [6, 6.07) is 17.0. The first-order valence-electron chi connectivity index (χ1n) is 5.80. The van der Waals surface area contributed by atoms with Crippen molar-refractivity contribution in [3.8, 4) is 5.75 Å². The van der Waals surface area contributed by atoms with Crippen LogP contribution in [0.25, 0.3) is 0 Å². The van der Waals surface area contributed by atoms with E-state index >= 15 is 0 Å². The molecule has 18 heavy (non-hydrogen) atoms. The van der Waals surface area contributed by atoms with E-state index < -0.39 is 0 Å². The summed E-state index contributed by atoms with van der Waals surface area (Å²) in [5.74, 6) is 0.468. The molecule has 0 heterocycles. The van der Waals surface area contributed by atoms with Crippen LogP contribution < -0.4 is 10.5 Å². The third-order valence-electron chi connectivity index (χ3n) is 2.61. The molecule has 2 N–H and O–H groups in total. The molecule has 0 spiro atoms. The minimum Gasteiger partial charge on any atom is -0.488 e. The lowest BCUT2D eigenvalue weighted by atomic mass is 10.1. The molecule has 0 aliphatic rings. The van der Waals surface area contributed by atoms with Crippen molar-refractivity contribution < 1.29 is 9.53 Å². The molecule has 0 aliphatic carbocycles. The maximum absolute atomic E-state index is 11.6. The molecule has 3 heteroatoms. The largest absolute Gasteiger partial charge is 0.488 e. The van der Waals surface area contributed by atoms with E-state index in [9.17, 15) is 4.79 Å². The molecule has 0 radical (unpaired) electrons. The van der Waals surface area contributed by atoms with E-state index in [2.05, 4.69) is 0 Å². The summed E-state index contributed by atoms with van der Waals surface area (Å²) < 4.78 is 5.67. The number of hydrogen-bond acceptors (Lipinski definition) is 3. The zero-order valence-corrected chi connectivity index (χ0v) is 10.0. The lowest BCUT2D eigenvalue weighted by molar-refractivity contribution is 0.0997. The number of Topliss-reactive ketones (excluding diaryl/α,β-unsaturated/α-hetero) is 1. The highest BCUT2D eigenvalue weighted by molar-refractivity contribution is 5.99. The van der Waals surface area contributed by atoms with Crippen molar-refractivity contribution in [2.45, 2.75) is 6.61 Å². The van der Waals surface area contributed by atoms with Gasteiger partial charge in [-0.2, -0.15) is 0 Å². The highest BCUT2D eigenvalue weighted by atomic mass is 16.5. The van der Waals surface area contributed by atoms with Gasteiger partial charge in [0, 0.05) is 0 Å². The predicted octanol–water partition coefficient (Wildman–Crippen LogP) is 2.41. The summed E-state index contributed by atoms with van der Waals surface area (Å²) >= 11 is 0. The van der Waals surface area contributed by atoms with Crippen LogP contribution in [0.1, 0.15) is 15.9 Å². The van der Waals surface area contributed by atoms with Crippen LogP contribution in [0.2, 0.25) is 0 Å². The maximum Gasteiger partial charge on any atom is 0.180 e. The van der Waals surface area contributed by atoms with Gasteiger partial charge < -0.3 is 10.5 Å². The average molecular weight is 241 g/mol. The number of ether oxygens (including phenoxy) is 1. The molecule has 2 aromatic rings. The average Bonchev–Trinajstić information content (AvgIpc) is 2.45.